The maximum absolute atomic E-state index is 14.5. The maximum atomic E-state index is 14.5. The molecule has 1 unspecified atom stereocenters. The number of rotatable bonds is 6. The highest BCUT2D eigenvalue weighted by Gasteiger charge is 2.43. The molecule has 0 radical (unpaired) electrons. The van der Waals surface area contributed by atoms with Crippen LogP contribution in [-0.2, 0) is 4.79 Å². The third kappa shape index (κ3) is 4.13. The molecule has 11 heteroatoms. The van der Waals surface area contributed by atoms with Crippen molar-refractivity contribution in [3.8, 4) is 5.69 Å². The highest BCUT2D eigenvalue weighted by molar-refractivity contribution is 6.30. The van der Waals surface area contributed by atoms with Crippen molar-refractivity contribution in [3.05, 3.63) is 59.5 Å². The number of urea groups is 1. The van der Waals surface area contributed by atoms with Crippen LogP contribution in [0.4, 0.5) is 21.0 Å². The average Bonchev–Trinajstić information content (AvgIpc) is 3.34. The van der Waals surface area contributed by atoms with Gasteiger partial charge in [-0.25, -0.2) is 19.2 Å². The minimum atomic E-state index is -0.854. The molecule has 9 nitrogen and oxygen atoms in total. The number of hydrogen-bond acceptors (Lipinski definition) is 6. The summed E-state index contributed by atoms with van der Waals surface area (Å²) in [4.78, 5) is 38.0. The lowest BCUT2D eigenvalue weighted by Crippen LogP contribution is -2.40. The molecule has 2 atom stereocenters. The monoisotopic (exact) mass is 457 g/mol. The van der Waals surface area contributed by atoms with E-state index >= 15 is 0 Å². The lowest BCUT2D eigenvalue weighted by molar-refractivity contribution is -0.120. The maximum Gasteiger partial charge on any atom is 0.330 e. The number of amides is 3. The Labute approximate surface area is 188 Å². The number of nitrogens with one attached hydrogen (secondary N) is 2. The van der Waals surface area contributed by atoms with Crippen molar-refractivity contribution < 1.29 is 14.0 Å². The molecule has 1 aliphatic rings. The van der Waals surface area contributed by atoms with Gasteiger partial charge in [0, 0.05) is 16.9 Å². The Morgan fingerprint density at radius 1 is 1.16 bits per heavy atom. The first-order valence-electron chi connectivity index (χ1n) is 9.97. The van der Waals surface area contributed by atoms with Crippen molar-refractivity contribution in [2.24, 2.45) is 5.92 Å². The zero-order valence-electron chi connectivity index (χ0n) is 17.6. The average molecular weight is 458 g/mol. The van der Waals surface area contributed by atoms with Gasteiger partial charge in [0.15, 0.2) is 11.6 Å². The Morgan fingerprint density at radius 3 is 2.56 bits per heavy atom. The van der Waals surface area contributed by atoms with Gasteiger partial charge >= 0.3 is 6.03 Å². The smallest absolute Gasteiger partial charge is 0.330 e. The summed E-state index contributed by atoms with van der Waals surface area (Å²) in [5, 5.41) is 5.92. The van der Waals surface area contributed by atoms with Crippen molar-refractivity contribution in [2.45, 2.75) is 32.9 Å². The SMILES string of the molecule is CC(Nc1ncc(F)c(N2C(=O)NC(=O)[C@@H]2C(C)C)n1)c1cn(-c2ccc(Cl)cc2)cn1. The van der Waals surface area contributed by atoms with Crippen LogP contribution in [0, 0.1) is 11.7 Å². The molecule has 3 heterocycles. The third-order valence-electron chi connectivity index (χ3n) is 5.10. The molecule has 0 saturated carbocycles. The molecule has 3 aromatic rings. The zero-order chi connectivity index (χ0) is 23.0. The lowest BCUT2D eigenvalue weighted by Gasteiger charge is -2.24. The first kappa shape index (κ1) is 21.7. The Hall–Kier alpha value is -3.53. The fourth-order valence-corrected chi connectivity index (χ4v) is 3.62. The van der Waals surface area contributed by atoms with E-state index in [-0.39, 0.29) is 23.7 Å². The van der Waals surface area contributed by atoms with Crippen LogP contribution in [0.3, 0.4) is 0 Å². The minimum absolute atomic E-state index is 0.101. The topological polar surface area (TPSA) is 105 Å². The van der Waals surface area contributed by atoms with Crippen LogP contribution >= 0.6 is 11.6 Å². The van der Waals surface area contributed by atoms with E-state index in [0.717, 1.165) is 16.8 Å². The Morgan fingerprint density at radius 2 is 1.88 bits per heavy atom. The molecule has 1 aliphatic heterocycles. The molecular formula is C21H21ClFN7O2. The summed E-state index contributed by atoms with van der Waals surface area (Å²) in [6.45, 7) is 5.39. The van der Waals surface area contributed by atoms with Crippen molar-refractivity contribution in [2.75, 3.05) is 10.2 Å². The van der Waals surface area contributed by atoms with E-state index < -0.39 is 23.8 Å². The Bertz CT molecular complexity index is 1170. The highest BCUT2D eigenvalue weighted by Crippen LogP contribution is 2.27. The summed E-state index contributed by atoms with van der Waals surface area (Å²) in [6.07, 6.45) is 4.48. The second-order valence-electron chi connectivity index (χ2n) is 7.77. The molecule has 0 bridgehead atoms. The van der Waals surface area contributed by atoms with Crippen molar-refractivity contribution in [1.82, 2.24) is 24.8 Å². The first-order chi connectivity index (χ1) is 15.2. The second-order valence-corrected chi connectivity index (χ2v) is 8.20. The fourth-order valence-electron chi connectivity index (χ4n) is 3.49. The second kappa shape index (κ2) is 8.54. The summed E-state index contributed by atoms with van der Waals surface area (Å²) in [7, 11) is 0. The van der Waals surface area contributed by atoms with Gasteiger partial charge in [-0.2, -0.15) is 4.98 Å². The molecule has 32 heavy (non-hydrogen) atoms. The molecule has 2 N–H and O–H groups in total. The van der Waals surface area contributed by atoms with E-state index in [1.807, 2.05) is 29.8 Å². The number of carbonyl (C=O) groups is 2. The van der Waals surface area contributed by atoms with Gasteiger partial charge in [0.05, 0.1) is 24.3 Å². The minimum Gasteiger partial charge on any atom is -0.346 e. The summed E-state index contributed by atoms with van der Waals surface area (Å²) in [5.41, 5.74) is 1.59. The fraction of sp³-hybridized carbons (Fsp3) is 0.286. The molecule has 2 aromatic heterocycles. The zero-order valence-corrected chi connectivity index (χ0v) is 18.3. The van der Waals surface area contributed by atoms with Gasteiger partial charge < -0.3 is 9.88 Å². The lowest BCUT2D eigenvalue weighted by atomic mass is 10.0. The number of nitrogens with zero attached hydrogens (tertiary/aromatic N) is 5. The van der Waals surface area contributed by atoms with Crippen LogP contribution in [0.1, 0.15) is 32.5 Å². The van der Waals surface area contributed by atoms with E-state index in [9.17, 15) is 14.0 Å². The number of carbonyl (C=O) groups excluding carboxylic acids is 2. The summed E-state index contributed by atoms with van der Waals surface area (Å²) >= 11 is 5.94. The quantitative estimate of drug-likeness (QED) is 0.547. The molecule has 1 saturated heterocycles. The Balaban J connectivity index is 1.56. The predicted octanol–water partition coefficient (Wildman–Crippen LogP) is 3.71. The van der Waals surface area contributed by atoms with Crippen LogP contribution in [0.5, 0.6) is 0 Å². The van der Waals surface area contributed by atoms with Gasteiger partial charge in [-0.05, 0) is 37.1 Å². The van der Waals surface area contributed by atoms with Crippen LogP contribution in [0.15, 0.2) is 43.0 Å². The number of imide groups is 1. The summed E-state index contributed by atoms with van der Waals surface area (Å²) < 4.78 is 16.4. The predicted molar refractivity (Wildman–Crippen MR) is 117 cm³/mol. The van der Waals surface area contributed by atoms with Gasteiger partial charge in [-0.1, -0.05) is 25.4 Å². The van der Waals surface area contributed by atoms with E-state index in [1.54, 1.807) is 32.3 Å². The van der Waals surface area contributed by atoms with Crippen molar-refractivity contribution in [3.63, 3.8) is 0 Å². The van der Waals surface area contributed by atoms with Crippen LogP contribution in [-0.4, -0.2) is 37.5 Å². The number of anilines is 2. The normalized spacial score (nSPS) is 17.1. The van der Waals surface area contributed by atoms with Crippen molar-refractivity contribution >= 4 is 35.3 Å². The number of aromatic nitrogens is 4. The molecule has 1 aromatic carbocycles. The number of imidazole rings is 1. The van der Waals surface area contributed by atoms with Gasteiger partial charge in [0.2, 0.25) is 5.95 Å². The molecular weight excluding hydrogens is 437 g/mol. The van der Waals surface area contributed by atoms with Crippen LogP contribution in [0.25, 0.3) is 5.69 Å². The number of halogens is 2. The van der Waals surface area contributed by atoms with E-state index in [1.165, 1.54) is 0 Å². The van der Waals surface area contributed by atoms with Gasteiger partial charge in [-0.3, -0.25) is 15.0 Å². The molecule has 0 aliphatic carbocycles. The molecule has 3 amide bonds. The van der Waals surface area contributed by atoms with E-state index in [0.29, 0.717) is 10.7 Å². The first-order valence-corrected chi connectivity index (χ1v) is 10.4. The van der Waals surface area contributed by atoms with E-state index in [4.69, 9.17) is 11.6 Å². The van der Waals surface area contributed by atoms with E-state index in [2.05, 4.69) is 25.6 Å². The third-order valence-corrected chi connectivity index (χ3v) is 5.35. The number of hydrogen-bond donors (Lipinski definition) is 2. The highest BCUT2D eigenvalue weighted by atomic mass is 35.5. The van der Waals surface area contributed by atoms with Crippen molar-refractivity contribution in [1.29, 1.82) is 0 Å². The number of benzene rings is 1. The molecule has 4 rings (SSSR count). The molecule has 166 valence electrons. The molecule has 0 spiro atoms. The summed E-state index contributed by atoms with van der Waals surface area (Å²) in [5.74, 6) is -1.68. The van der Waals surface area contributed by atoms with Crippen LogP contribution < -0.4 is 15.5 Å². The largest absolute Gasteiger partial charge is 0.346 e. The molecule has 1 fully saturated rings. The van der Waals surface area contributed by atoms with Gasteiger partial charge in [-0.15, -0.1) is 0 Å². The van der Waals surface area contributed by atoms with Gasteiger partial charge in [0.25, 0.3) is 5.91 Å². The standard InChI is InChI=1S/C21H21ClFN7O2/c1-11(2)17-19(31)28-21(32)30(17)18-15(23)8-24-20(27-18)26-12(3)16-9-29(10-25-16)14-6-4-13(22)5-7-14/h4-12,17H,1-3H3,(H,24,26,27)(H,28,31,32)/t12?,17-/m0/s1. The Kier molecular flexibility index (Phi) is 5.79. The van der Waals surface area contributed by atoms with Crippen LogP contribution in [0.2, 0.25) is 5.02 Å². The summed E-state index contributed by atoms with van der Waals surface area (Å²) in [6, 6.07) is 5.42. The van der Waals surface area contributed by atoms with Gasteiger partial charge in [0.1, 0.15) is 6.04 Å².